The highest BCUT2D eigenvalue weighted by atomic mass is 79.9. The molecule has 21 heavy (non-hydrogen) atoms. The second-order valence-corrected chi connectivity index (χ2v) is 6.86. The van der Waals surface area contributed by atoms with Crippen molar-refractivity contribution in [1.82, 2.24) is 9.47 Å². The molecule has 0 unspecified atom stereocenters. The van der Waals surface area contributed by atoms with Gasteiger partial charge in [-0.25, -0.2) is 0 Å². The Kier molecular flexibility index (Phi) is 5.65. The molecule has 2 rings (SSSR count). The summed E-state index contributed by atoms with van der Waals surface area (Å²) in [5.74, 6) is 0.0362. The maximum absolute atomic E-state index is 12.6. The lowest BCUT2D eigenvalue weighted by molar-refractivity contribution is 0.0774. The largest absolute Gasteiger partial charge is 0.342 e. The molecule has 0 N–H and O–H groups in total. The van der Waals surface area contributed by atoms with Gasteiger partial charge in [0.2, 0.25) is 0 Å². The predicted octanol–water partition coefficient (Wildman–Crippen LogP) is 4.70. The van der Waals surface area contributed by atoms with Crippen molar-refractivity contribution in [3.8, 4) is 0 Å². The van der Waals surface area contributed by atoms with Gasteiger partial charge in [0.1, 0.15) is 5.69 Å². The van der Waals surface area contributed by atoms with Crippen LogP contribution in [-0.4, -0.2) is 22.4 Å². The Morgan fingerprint density at radius 3 is 2.67 bits per heavy atom. The van der Waals surface area contributed by atoms with Gasteiger partial charge >= 0.3 is 0 Å². The van der Waals surface area contributed by atoms with E-state index in [1.54, 1.807) is 4.90 Å². The molecule has 0 saturated heterocycles. The normalized spacial score (nSPS) is 10.7. The van der Waals surface area contributed by atoms with Gasteiger partial charge in [0.05, 0.1) is 0 Å². The maximum atomic E-state index is 12.6. The number of halogens is 2. The summed E-state index contributed by atoms with van der Waals surface area (Å²) in [7, 11) is 1.83. The summed E-state index contributed by atoms with van der Waals surface area (Å²) >= 11 is 6.90. The van der Waals surface area contributed by atoms with E-state index in [1.807, 2.05) is 48.1 Å². The molecular formula is C16H18Br2N2O. The maximum Gasteiger partial charge on any atom is 0.270 e. The second-order valence-electron chi connectivity index (χ2n) is 5.03. The second kappa shape index (κ2) is 7.27. The molecule has 2 aromatic rings. The van der Waals surface area contributed by atoms with Gasteiger partial charge in [-0.2, -0.15) is 0 Å². The first-order valence-electron chi connectivity index (χ1n) is 6.87. The van der Waals surface area contributed by atoms with Crippen LogP contribution >= 0.6 is 31.9 Å². The zero-order valence-electron chi connectivity index (χ0n) is 12.1. The molecule has 3 nitrogen and oxygen atoms in total. The minimum atomic E-state index is 0.0362. The summed E-state index contributed by atoms with van der Waals surface area (Å²) in [6.07, 6.45) is 2.96. The van der Waals surface area contributed by atoms with Gasteiger partial charge < -0.3 is 9.47 Å². The lowest BCUT2D eigenvalue weighted by Gasteiger charge is -2.18. The van der Waals surface area contributed by atoms with Gasteiger partial charge in [-0.3, -0.25) is 4.79 Å². The first-order chi connectivity index (χ1) is 10.0. The fourth-order valence-corrected chi connectivity index (χ4v) is 3.17. The van der Waals surface area contributed by atoms with Crippen molar-refractivity contribution in [2.45, 2.75) is 26.4 Å². The third-order valence-electron chi connectivity index (χ3n) is 3.20. The smallest absolute Gasteiger partial charge is 0.270 e. The summed E-state index contributed by atoms with van der Waals surface area (Å²) in [6, 6.07) is 9.90. The minimum Gasteiger partial charge on any atom is -0.342 e. The van der Waals surface area contributed by atoms with Crippen LogP contribution in [0.25, 0.3) is 0 Å². The highest BCUT2D eigenvalue weighted by Crippen LogP contribution is 2.18. The van der Waals surface area contributed by atoms with E-state index < -0.39 is 0 Å². The highest BCUT2D eigenvalue weighted by molar-refractivity contribution is 9.10. The first kappa shape index (κ1) is 16.3. The number of hydrogen-bond acceptors (Lipinski definition) is 1. The van der Waals surface area contributed by atoms with E-state index in [0.717, 1.165) is 33.2 Å². The van der Waals surface area contributed by atoms with E-state index >= 15 is 0 Å². The Morgan fingerprint density at radius 1 is 1.24 bits per heavy atom. The summed E-state index contributed by atoms with van der Waals surface area (Å²) in [5.41, 5.74) is 1.83. The van der Waals surface area contributed by atoms with Crippen molar-refractivity contribution in [2.75, 3.05) is 7.05 Å². The van der Waals surface area contributed by atoms with Crippen LogP contribution < -0.4 is 0 Å². The summed E-state index contributed by atoms with van der Waals surface area (Å²) in [4.78, 5) is 14.4. The van der Waals surface area contributed by atoms with E-state index in [2.05, 4.69) is 38.8 Å². The van der Waals surface area contributed by atoms with Crippen molar-refractivity contribution in [1.29, 1.82) is 0 Å². The van der Waals surface area contributed by atoms with Crippen LogP contribution in [0.1, 0.15) is 29.4 Å². The highest BCUT2D eigenvalue weighted by Gasteiger charge is 2.17. The molecule has 0 aliphatic heterocycles. The third kappa shape index (κ3) is 4.20. The molecule has 0 saturated carbocycles. The number of nitrogens with zero attached hydrogens (tertiary/aromatic N) is 2. The van der Waals surface area contributed by atoms with Gasteiger partial charge in [-0.05, 0) is 46.1 Å². The molecule has 1 aromatic carbocycles. The third-order valence-corrected chi connectivity index (χ3v) is 4.13. The van der Waals surface area contributed by atoms with Gasteiger partial charge in [-0.1, -0.05) is 35.0 Å². The molecule has 0 fully saturated rings. The van der Waals surface area contributed by atoms with Crippen LogP contribution in [0.15, 0.2) is 45.5 Å². The molecule has 5 heteroatoms. The number of carbonyl (C=O) groups is 1. The number of carbonyl (C=O) groups excluding carboxylic acids is 1. The average Bonchev–Trinajstić information content (AvgIpc) is 2.79. The van der Waals surface area contributed by atoms with Crippen LogP contribution in [0.3, 0.4) is 0 Å². The average molecular weight is 414 g/mol. The molecule has 0 atom stereocenters. The predicted molar refractivity (Wildman–Crippen MR) is 92.4 cm³/mol. The Labute approximate surface area is 142 Å². The molecule has 1 aromatic heterocycles. The van der Waals surface area contributed by atoms with E-state index in [4.69, 9.17) is 0 Å². The van der Waals surface area contributed by atoms with Gasteiger partial charge in [0.25, 0.3) is 5.91 Å². The number of aromatic nitrogens is 1. The Bertz CT molecular complexity index is 637. The standard InChI is InChI=1S/C16H18Br2N2O/c1-3-7-20-11-14(18)9-15(20)16(21)19(2)10-12-5-4-6-13(17)8-12/h4-6,8-9,11H,3,7,10H2,1-2H3. The molecular weight excluding hydrogens is 396 g/mol. The van der Waals surface area contributed by atoms with E-state index in [-0.39, 0.29) is 5.91 Å². The summed E-state index contributed by atoms with van der Waals surface area (Å²) < 4.78 is 3.97. The van der Waals surface area contributed by atoms with Crippen LogP contribution in [0, 0.1) is 0 Å². The quantitative estimate of drug-likeness (QED) is 0.697. The molecule has 1 amide bonds. The number of aryl methyl sites for hydroxylation is 1. The molecule has 0 spiro atoms. The SMILES string of the molecule is CCCn1cc(Br)cc1C(=O)N(C)Cc1cccc(Br)c1. The zero-order chi connectivity index (χ0) is 15.4. The topological polar surface area (TPSA) is 25.2 Å². The van der Waals surface area contributed by atoms with Crippen LogP contribution in [-0.2, 0) is 13.1 Å². The minimum absolute atomic E-state index is 0.0362. The molecule has 0 radical (unpaired) electrons. The van der Waals surface area contributed by atoms with Crippen molar-refractivity contribution < 1.29 is 4.79 Å². The monoisotopic (exact) mass is 412 g/mol. The fraction of sp³-hybridized carbons (Fsp3) is 0.312. The number of benzene rings is 1. The Hall–Kier alpha value is -1.07. The number of hydrogen-bond donors (Lipinski definition) is 0. The number of rotatable bonds is 5. The van der Waals surface area contributed by atoms with E-state index in [9.17, 15) is 4.79 Å². The van der Waals surface area contributed by atoms with Gasteiger partial charge in [-0.15, -0.1) is 0 Å². The zero-order valence-corrected chi connectivity index (χ0v) is 15.3. The lowest BCUT2D eigenvalue weighted by atomic mass is 10.2. The van der Waals surface area contributed by atoms with Crippen LogP contribution in [0.2, 0.25) is 0 Å². The van der Waals surface area contributed by atoms with Crippen molar-refractivity contribution >= 4 is 37.8 Å². The van der Waals surface area contributed by atoms with Crippen molar-refractivity contribution in [3.05, 3.63) is 56.7 Å². The molecule has 112 valence electrons. The van der Waals surface area contributed by atoms with Crippen molar-refractivity contribution in [3.63, 3.8) is 0 Å². The van der Waals surface area contributed by atoms with Gasteiger partial charge in [0.15, 0.2) is 0 Å². The molecule has 0 aliphatic rings. The Balaban J connectivity index is 2.15. The van der Waals surface area contributed by atoms with Crippen LogP contribution in [0.5, 0.6) is 0 Å². The molecule has 1 heterocycles. The Morgan fingerprint density at radius 2 is 2.00 bits per heavy atom. The first-order valence-corrected chi connectivity index (χ1v) is 8.45. The molecule has 0 bridgehead atoms. The number of amides is 1. The van der Waals surface area contributed by atoms with E-state index in [0.29, 0.717) is 6.54 Å². The summed E-state index contributed by atoms with van der Waals surface area (Å²) in [6.45, 7) is 3.54. The summed E-state index contributed by atoms with van der Waals surface area (Å²) in [5, 5.41) is 0. The fourth-order valence-electron chi connectivity index (χ4n) is 2.26. The van der Waals surface area contributed by atoms with Crippen molar-refractivity contribution in [2.24, 2.45) is 0 Å². The van der Waals surface area contributed by atoms with E-state index in [1.165, 1.54) is 0 Å². The van der Waals surface area contributed by atoms with Crippen LogP contribution in [0.4, 0.5) is 0 Å². The van der Waals surface area contributed by atoms with Gasteiger partial charge in [0, 0.05) is 35.3 Å². The molecule has 0 aliphatic carbocycles. The lowest BCUT2D eigenvalue weighted by Crippen LogP contribution is -2.28.